The smallest absolute Gasteiger partial charge is 0.475 e. The van der Waals surface area contributed by atoms with Gasteiger partial charge in [0.1, 0.15) is 11.5 Å². The van der Waals surface area contributed by atoms with E-state index in [1.165, 1.54) is 12.1 Å². The van der Waals surface area contributed by atoms with Crippen LogP contribution in [0.5, 0.6) is 0 Å². The molecule has 172 valence electrons. The Morgan fingerprint density at radius 1 is 1.09 bits per heavy atom. The van der Waals surface area contributed by atoms with Gasteiger partial charge in [-0.05, 0) is 37.5 Å². The van der Waals surface area contributed by atoms with Crippen LogP contribution in [0.1, 0.15) is 34.6 Å². The van der Waals surface area contributed by atoms with E-state index in [0.29, 0.717) is 5.69 Å². The summed E-state index contributed by atoms with van der Waals surface area (Å²) in [7, 11) is 0. The fourth-order valence-corrected chi connectivity index (χ4v) is 3.80. The fourth-order valence-electron chi connectivity index (χ4n) is 3.80. The molecule has 2 saturated heterocycles. The summed E-state index contributed by atoms with van der Waals surface area (Å²) in [6.07, 6.45) is 0.166. The van der Waals surface area contributed by atoms with Crippen molar-refractivity contribution in [3.63, 3.8) is 0 Å². The lowest BCUT2D eigenvalue weighted by Gasteiger charge is -2.50. The number of halogens is 4. The third kappa shape index (κ3) is 5.39. The highest BCUT2D eigenvalue weighted by Gasteiger charge is 2.50. The Kier molecular flexibility index (Phi) is 6.77. The minimum atomic E-state index is -5.08. The number of likely N-dealkylation sites (tertiary alicyclic amines) is 2. The molecule has 1 amide bonds. The molecule has 32 heavy (non-hydrogen) atoms. The molecule has 11 heteroatoms. The first-order valence-corrected chi connectivity index (χ1v) is 9.88. The molecule has 1 unspecified atom stereocenters. The van der Waals surface area contributed by atoms with Gasteiger partial charge < -0.3 is 10.0 Å². The highest BCUT2D eigenvalue weighted by Crippen LogP contribution is 2.40. The van der Waals surface area contributed by atoms with Crippen LogP contribution in [-0.2, 0) is 11.3 Å². The van der Waals surface area contributed by atoms with Gasteiger partial charge in [0.05, 0.1) is 11.9 Å². The SMILES string of the molecule is Cc1cnc(C(=O)N2CCC3(CCN3Cc3ccc(F)cc3)C2)cn1.O=C(O)C(F)(F)F. The second kappa shape index (κ2) is 9.19. The average Bonchev–Trinajstić information content (AvgIpc) is 3.20. The van der Waals surface area contributed by atoms with Gasteiger partial charge in [0.25, 0.3) is 5.91 Å². The molecule has 1 aromatic carbocycles. The second-order valence-corrected chi connectivity index (χ2v) is 7.85. The Bertz CT molecular complexity index is 967. The number of carbonyl (C=O) groups is 2. The molecule has 1 atom stereocenters. The number of benzene rings is 1. The Hall–Kier alpha value is -3.08. The number of hydrogen-bond acceptors (Lipinski definition) is 5. The topological polar surface area (TPSA) is 86.6 Å². The van der Waals surface area contributed by atoms with Crippen molar-refractivity contribution in [2.75, 3.05) is 19.6 Å². The molecule has 2 fully saturated rings. The van der Waals surface area contributed by atoms with Crippen LogP contribution in [0, 0.1) is 12.7 Å². The molecule has 0 radical (unpaired) electrons. The van der Waals surface area contributed by atoms with E-state index in [2.05, 4.69) is 14.9 Å². The number of aromatic nitrogens is 2. The first-order chi connectivity index (χ1) is 15.0. The lowest BCUT2D eigenvalue weighted by Crippen LogP contribution is -2.60. The zero-order chi connectivity index (χ0) is 23.5. The van der Waals surface area contributed by atoms with E-state index in [1.54, 1.807) is 12.4 Å². The van der Waals surface area contributed by atoms with E-state index >= 15 is 0 Å². The number of carboxylic acid groups (broad SMARTS) is 1. The molecule has 2 aliphatic rings. The number of nitrogens with zero attached hydrogens (tertiary/aromatic N) is 4. The van der Waals surface area contributed by atoms with Crippen LogP contribution in [0.2, 0.25) is 0 Å². The van der Waals surface area contributed by atoms with Crippen molar-refractivity contribution in [2.45, 2.75) is 38.0 Å². The zero-order valence-electron chi connectivity index (χ0n) is 17.3. The second-order valence-electron chi connectivity index (χ2n) is 7.85. The van der Waals surface area contributed by atoms with Crippen molar-refractivity contribution in [2.24, 2.45) is 0 Å². The standard InChI is InChI=1S/C19H21FN4O.C2HF3O2/c1-14-10-22-17(11-21-14)18(25)23-8-6-19(13-23)7-9-24(19)12-15-2-4-16(20)5-3-15;3-2(4,5)1(6)7/h2-5,10-11H,6-9,12-13H2,1H3;(H,6,7). The van der Waals surface area contributed by atoms with E-state index in [1.807, 2.05) is 24.0 Å². The van der Waals surface area contributed by atoms with Gasteiger partial charge in [-0.3, -0.25) is 14.7 Å². The number of carboxylic acids is 1. The molecule has 1 spiro atoms. The van der Waals surface area contributed by atoms with Gasteiger partial charge in [0.2, 0.25) is 0 Å². The summed E-state index contributed by atoms with van der Waals surface area (Å²) in [4.78, 5) is 34.2. The molecule has 1 aromatic heterocycles. The number of alkyl halides is 3. The molecule has 4 rings (SSSR count). The van der Waals surface area contributed by atoms with Crippen LogP contribution in [0.25, 0.3) is 0 Å². The monoisotopic (exact) mass is 454 g/mol. The van der Waals surface area contributed by atoms with E-state index in [9.17, 15) is 22.4 Å². The number of hydrogen-bond donors (Lipinski definition) is 1. The Balaban J connectivity index is 0.000000360. The molecule has 0 bridgehead atoms. The summed E-state index contributed by atoms with van der Waals surface area (Å²) in [5.41, 5.74) is 2.38. The molecule has 0 saturated carbocycles. The quantitative estimate of drug-likeness (QED) is 0.718. The van der Waals surface area contributed by atoms with Crippen molar-refractivity contribution < 1.29 is 32.3 Å². The third-order valence-corrected chi connectivity index (χ3v) is 5.67. The van der Waals surface area contributed by atoms with E-state index in [4.69, 9.17) is 9.90 Å². The molecule has 7 nitrogen and oxygen atoms in total. The number of amides is 1. The van der Waals surface area contributed by atoms with Crippen LogP contribution in [0.15, 0.2) is 36.7 Å². The maximum atomic E-state index is 13.1. The maximum absolute atomic E-state index is 13.1. The molecule has 3 heterocycles. The summed E-state index contributed by atoms with van der Waals surface area (Å²) in [5.74, 6) is -3.01. The predicted molar refractivity (Wildman–Crippen MR) is 105 cm³/mol. The highest BCUT2D eigenvalue weighted by molar-refractivity contribution is 5.92. The lowest BCUT2D eigenvalue weighted by atomic mass is 9.83. The van der Waals surface area contributed by atoms with Gasteiger partial charge in [-0.25, -0.2) is 14.2 Å². The molecule has 1 N–H and O–H groups in total. The normalized spacial score (nSPS) is 20.5. The average molecular weight is 454 g/mol. The summed E-state index contributed by atoms with van der Waals surface area (Å²) >= 11 is 0. The number of aryl methyl sites for hydroxylation is 1. The van der Waals surface area contributed by atoms with Crippen LogP contribution in [0.4, 0.5) is 17.6 Å². The summed E-state index contributed by atoms with van der Waals surface area (Å²) in [5, 5.41) is 7.12. The minimum absolute atomic E-state index is 0.0435. The summed E-state index contributed by atoms with van der Waals surface area (Å²) in [6.45, 7) is 5.14. The molecular weight excluding hydrogens is 432 g/mol. The Morgan fingerprint density at radius 2 is 1.72 bits per heavy atom. The maximum Gasteiger partial charge on any atom is 0.490 e. The van der Waals surface area contributed by atoms with E-state index in [0.717, 1.165) is 50.3 Å². The Labute approximate surface area is 181 Å². The highest BCUT2D eigenvalue weighted by atomic mass is 19.4. The fraction of sp³-hybridized carbons (Fsp3) is 0.429. The number of carbonyl (C=O) groups excluding carboxylic acids is 1. The van der Waals surface area contributed by atoms with Crippen LogP contribution < -0.4 is 0 Å². The van der Waals surface area contributed by atoms with Gasteiger partial charge in [0, 0.05) is 37.9 Å². The largest absolute Gasteiger partial charge is 0.490 e. The molecule has 2 aromatic rings. The first kappa shape index (κ1) is 23.6. The Morgan fingerprint density at radius 3 is 2.22 bits per heavy atom. The van der Waals surface area contributed by atoms with Gasteiger partial charge >= 0.3 is 12.1 Å². The lowest BCUT2D eigenvalue weighted by molar-refractivity contribution is -0.192. The van der Waals surface area contributed by atoms with Crippen molar-refractivity contribution >= 4 is 11.9 Å². The molecule has 0 aliphatic carbocycles. The zero-order valence-corrected chi connectivity index (χ0v) is 17.3. The minimum Gasteiger partial charge on any atom is -0.475 e. The number of rotatable bonds is 3. The van der Waals surface area contributed by atoms with Gasteiger partial charge in [-0.2, -0.15) is 13.2 Å². The van der Waals surface area contributed by atoms with E-state index in [-0.39, 0.29) is 17.3 Å². The number of aliphatic carboxylic acids is 1. The molecule has 2 aliphatic heterocycles. The van der Waals surface area contributed by atoms with Crippen molar-refractivity contribution in [1.29, 1.82) is 0 Å². The van der Waals surface area contributed by atoms with Crippen LogP contribution >= 0.6 is 0 Å². The van der Waals surface area contributed by atoms with Gasteiger partial charge in [-0.15, -0.1) is 0 Å². The van der Waals surface area contributed by atoms with Crippen molar-refractivity contribution in [1.82, 2.24) is 19.8 Å². The van der Waals surface area contributed by atoms with Gasteiger partial charge in [-0.1, -0.05) is 12.1 Å². The van der Waals surface area contributed by atoms with Gasteiger partial charge in [0.15, 0.2) is 0 Å². The summed E-state index contributed by atoms with van der Waals surface area (Å²) < 4.78 is 44.8. The van der Waals surface area contributed by atoms with Crippen molar-refractivity contribution in [3.8, 4) is 0 Å². The van der Waals surface area contributed by atoms with Crippen LogP contribution in [0.3, 0.4) is 0 Å². The predicted octanol–water partition coefficient (Wildman–Crippen LogP) is 3.05. The van der Waals surface area contributed by atoms with Crippen molar-refractivity contribution in [3.05, 3.63) is 59.4 Å². The third-order valence-electron chi connectivity index (χ3n) is 5.67. The van der Waals surface area contributed by atoms with E-state index < -0.39 is 12.1 Å². The van der Waals surface area contributed by atoms with Crippen LogP contribution in [-0.4, -0.2) is 68.1 Å². The molecular formula is C21H22F4N4O3. The summed E-state index contributed by atoms with van der Waals surface area (Å²) in [6, 6.07) is 6.67. The first-order valence-electron chi connectivity index (χ1n) is 9.88.